The van der Waals surface area contributed by atoms with Gasteiger partial charge in [-0.2, -0.15) is 0 Å². The number of hydrogen-bond donors (Lipinski definition) is 0. The second kappa shape index (κ2) is 12.8. The molecule has 0 unspecified atom stereocenters. The first-order valence-electron chi connectivity index (χ1n) is 19.5. The molecule has 0 N–H and O–H groups in total. The third-order valence-corrected chi connectivity index (χ3v) is 11.4. The van der Waals surface area contributed by atoms with Gasteiger partial charge in [0.25, 0.3) is 0 Å². The van der Waals surface area contributed by atoms with E-state index in [0.717, 1.165) is 66.2 Å². The number of hydrogen-bond acceptors (Lipinski definition) is 4. The number of benzene rings is 9. The zero-order chi connectivity index (χ0) is 38.2. The van der Waals surface area contributed by atoms with E-state index in [1.165, 1.54) is 32.6 Å². The number of nitrogens with zero attached hydrogens (tertiary/aromatic N) is 4. The number of furan rings is 1. The second-order valence-corrected chi connectivity index (χ2v) is 14.8. The van der Waals surface area contributed by atoms with Crippen LogP contribution in [0.25, 0.3) is 116 Å². The molecular weight excluding hydrogens is 709 g/mol. The molecule has 270 valence electrons. The summed E-state index contributed by atoms with van der Waals surface area (Å²) in [6.45, 7) is 0. The summed E-state index contributed by atoms with van der Waals surface area (Å²) < 4.78 is 9.22. The van der Waals surface area contributed by atoms with Crippen molar-refractivity contribution in [3.8, 4) is 51.0 Å². The summed E-state index contributed by atoms with van der Waals surface area (Å²) in [6.07, 6.45) is 0. The number of aromatic nitrogens is 4. The Kier molecular flexibility index (Phi) is 7.16. The first kappa shape index (κ1) is 32.4. The van der Waals surface area contributed by atoms with Crippen molar-refractivity contribution in [3.63, 3.8) is 0 Å². The summed E-state index contributed by atoms with van der Waals surface area (Å²) in [4.78, 5) is 15.3. The monoisotopic (exact) mass is 740 g/mol. The Labute approximate surface area is 333 Å². The molecule has 9 aromatic carbocycles. The summed E-state index contributed by atoms with van der Waals surface area (Å²) >= 11 is 0. The minimum absolute atomic E-state index is 0.557. The maximum absolute atomic E-state index is 6.83. The van der Waals surface area contributed by atoms with Crippen LogP contribution in [0.1, 0.15) is 0 Å². The van der Waals surface area contributed by atoms with Gasteiger partial charge in [-0.05, 0) is 81.2 Å². The van der Waals surface area contributed by atoms with E-state index in [1.54, 1.807) is 0 Å². The topological polar surface area (TPSA) is 56.7 Å². The molecule has 0 spiro atoms. The maximum atomic E-state index is 6.83. The molecule has 0 saturated carbocycles. The van der Waals surface area contributed by atoms with Gasteiger partial charge in [0.15, 0.2) is 17.5 Å². The van der Waals surface area contributed by atoms with Crippen molar-refractivity contribution in [3.05, 3.63) is 194 Å². The lowest BCUT2D eigenvalue weighted by molar-refractivity contribution is 0.670. The van der Waals surface area contributed by atoms with E-state index in [4.69, 9.17) is 19.4 Å². The standard InChI is InChI=1S/C53H32N4O/c1-3-13-33(14-4-1)36-19-11-20-39(29-36)52-54-51(35-15-5-2-6-16-35)55-53(56-52)43-23-12-22-42-49-44-32-40(27-25-34(44)26-28-48(49)58-50(42)43)57-46-24-10-9-21-41(46)45-30-37-17-7-8-18-38(37)31-47(45)57/h1-32H. The van der Waals surface area contributed by atoms with E-state index >= 15 is 0 Å². The lowest BCUT2D eigenvalue weighted by Gasteiger charge is -2.11. The van der Waals surface area contributed by atoms with Crippen LogP contribution in [0.3, 0.4) is 0 Å². The summed E-state index contributed by atoms with van der Waals surface area (Å²) in [5.41, 5.74) is 9.88. The van der Waals surface area contributed by atoms with Gasteiger partial charge in [-0.1, -0.05) is 146 Å². The van der Waals surface area contributed by atoms with Gasteiger partial charge in [-0.3, -0.25) is 0 Å². The Morgan fingerprint density at radius 2 is 1.00 bits per heavy atom. The molecular formula is C53H32N4O. The van der Waals surface area contributed by atoms with Gasteiger partial charge in [0, 0.05) is 38.4 Å². The molecule has 0 aliphatic rings. The van der Waals surface area contributed by atoms with Crippen LogP contribution in [0.2, 0.25) is 0 Å². The molecule has 58 heavy (non-hydrogen) atoms. The zero-order valence-electron chi connectivity index (χ0n) is 31.2. The van der Waals surface area contributed by atoms with Crippen molar-refractivity contribution in [1.29, 1.82) is 0 Å². The van der Waals surface area contributed by atoms with Gasteiger partial charge in [-0.25, -0.2) is 15.0 Å². The quantitative estimate of drug-likeness (QED) is 0.176. The molecule has 5 nitrogen and oxygen atoms in total. The highest BCUT2D eigenvalue weighted by Crippen LogP contribution is 2.41. The smallest absolute Gasteiger partial charge is 0.167 e. The van der Waals surface area contributed by atoms with Crippen molar-refractivity contribution in [1.82, 2.24) is 19.5 Å². The number of rotatable bonds is 5. The minimum atomic E-state index is 0.557. The van der Waals surface area contributed by atoms with E-state index in [9.17, 15) is 0 Å². The summed E-state index contributed by atoms with van der Waals surface area (Å²) in [6, 6.07) is 68.1. The average molecular weight is 741 g/mol. The highest BCUT2D eigenvalue weighted by Gasteiger charge is 2.20. The molecule has 5 heteroatoms. The van der Waals surface area contributed by atoms with Gasteiger partial charge >= 0.3 is 0 Å². The average Bonchev–Trinajstić information content (AvgIpc) is 3.84. The highest BCUT2D eigenvalue weighted by molar-refractivity contribution is 6.21. The summed E-state index contributed by atoms with van der Waals surface area (Å²) in [5, 5.41) is 9.27. The van der Waals surface area contributed by atoms with E-state index in [1.807, 2.05) is 36.4 Å². The van der Waals surface area contributed by atoms with E-state index in [-0.39, 0.29) is 0 Å². The molecule has 0 saturated heterocycles. The van der Waals surface area contributed by atoms with Crippen LogP contribution in [0.4, 0.5) is 0 Å². The van der Waals surface area contributed by atoms with Crippen molar-refractivity contribution in [2.45, 2.75) is 0 Å². The molecule has 0 bridgehead atoms. The molecule has 3 heterocycles. The molecule has 12 aromatic rings. The minimum Gasteiger partial charge on any atom is -0.455 e. The van der Waals surface area contributed by atoms with Crippen LogP contribution in [0.15, 0.2) is 199 Å². The predicted octanol–water partition coefficient (Wildman–Crippen LogP) is 13.8. The van der Waals surface area contributed by atoms with Gasteiger partial charge in [0.1, 0.15) is 11.2 Å². The fraction of sp³-hybridized carbons (Fsp3) is 0. The Bertz CT molecular complexity index is 3570. The Hall–Kier alpha value is -7.89. The van der Waals surface area contributed by atoms with Crippen LogP contribution in [-0.4, -0.2) is 19.5 Å². The van der Waals surface area contributed by atoms with Gasteiger partial charge in [0.05, 0.1) is 16.6 Å². The van der Waals surface area contributed by atoms with Crippen LogP contribution in [0, 0.1) is 0 Å². The first-order valence-corrected chi connectivity index (χ1v) is 19.5. The number of fused-ring (bicyclic) bond motifs is 9. The molecule has 0 fully saturated rings. The fourth-order valence-electron chi connectivity index (χ4n) is 8.66. The third kappa shape index (κ3) is 5.14. The first-order chi connectivity index (χ1) is 28.7. The van der Waals surface area contributed by atoms with E-state index in [0.29, 0.717) is 17.5 Å². The molecule has 0 radical (unpaired) electrons. The van der Waals surface area contributed by atoms with E-state index in [2.05, 4.69) is 162 Å². The van der Waals surface area contributed by atoms with Crippen LogP contribution in [0.5, 0.6) is 0 Å². The maximum Gasteiger partial charge on any atom is 0.167 e. The second-order valence-electron chi connectivity index (χ2n) is 14.8. The van der Waals surface area contributed by atoms with Crippen molar-refractivity contribution < 1.29 is 4.42 Å². The Morgan fingerprint density at radius 1 is 0.362 bits per heavy atom. The van der Waals surface area contributed by atoms with Gasteiger partial charge in [-0.15, -0.1) is 0 Å². The SMILES string of the molecule is c1ccc(-c2cccc(-c3nc(-c4ccccc4)nc(-c4cccc5c4oc4ccc6ccc(-n7c8ccccc8c8cc9ccccc9cc87)cc6c45)n3)c2)cc1. The molecule has 0 atom stereocenters. The molecule has 0 aliphatic carbocycles. The van der Waals surface area contributed by atoms with Crippen molar-refractivity contribution in [2.24, 2.45) is 0 Å². The van der Waals surface area contributed by atoms with Crippen molar-refractivity contribution in [2.75, 3.05) is 0 Å². The summed E-state index contributed by atoms with van der Waals surface area (Å²) in [7, 11) is 0. The van der Waals surface area contributed by atoms with Crippen molar-refractivity contribution >= 4 is 65.3 Å². The van der Waals surface area contributed by atoms with Crippen LogP contribution in [-0.2, 0) is 0 Å². The van der Waals surface area contributed by atoms with Crippen LogP contribution >= 0.6 is 0 Å². The third-order valence-electron chi connectivity index (χ3n) is 11.4. The van der Waals surface area contributed by atoms with Gasteiger partial charge < -0.3 is 8.98 Å². The molecule has 0 amide bonds. The predicted molar refractivity (Wildman–Crippen MR) is 238 cm³/mol. The largest absolute Gasteiger partial charge is 0.455 e. The van der Waals surface area contributed by atoms with Gasteiger partial charge in [0.2, 0.25) is 0 Å². The lowest BCUT2D eigenvalue weighted by Crippen LogP contribution is -2.00. The highest BCUT2D eigenvalue weighted by atomic mass is 16.3. The normalized spacial score (nSPS) is 11.8. The van der Waals surface area contributed by atoms with E-state index < -0.39 is 0 Å². The zero-order valence-corrected chi connectivity index (χ0v) is 31.2. The Morgan fingerprint density at radius 3 is 1.84 bits per heavy atom. The Balaban J connectivity index is 1.06. The molecule has 0 aliphatic heterocycles. The molecule has 3 aromatic heterocycles. The fourth-order valence-corrected chi connectivity index (χ4v) is 8.66. The summed E-state index contributed by atoms with van der Waals surface area (Å²) in [5.74, 6) is 1.76. The molecule has 12 rings (SSSR count). The lowest BCUT2D eigenvalue weighted by atomic mass is 10.0. The number of para-hydroxylation sites is 2. The van der Waals surface area contributed by atoms with Crippen LogP contribution < -0.4 is 0 Å².